The molecule has 0 amide bonds. The summed E-state index contributed by atoms with van der Waals surface area (Å²) in [6.45, 7) is 8.76. The number of rotatable bonds is 4. The molecule has 0 N–H and O–H groups in total. The maximum absolute atomic E-state index is 2.82. The van der Waals surface area contributed by atoms with Crippen LogP contribution in [0.25, 0.3) is 0 Å². The second kappa shape index (κ2) is 5.06. The molecule has 104 valence electrons. The molecule has 0 aromatic heterocycles. The van der Waals surface area contributed by atoms with Crippen molar-refractivity contribution in [3.63, 3.8) is 0 Å². The normalized spacial score (nSPS) is 31.0. The van der Waals surface area contributed by atoms with Gasteiger partial charge in [-0.2, -0.15) is 0 Å². The zero-order valence-corrected chi connectivity index (χ0v) is 13.6. The summed E-state index contributed by atoms with van der Waals surface area (Å²) in [5.74, 6) is 0.995. The van der Waals surface area contributed by atoms with Gasteiger partial charge >= 0.3 is 0 Å². The Kier molecular flexibility index (Phi) is 3.57. The SMILES string of the molecule is C[Si](C)(C)C[C@@H]1C[C@H]2CC[C@@H]1N2Cc1ccccc1. The van der Waals surface area contributed by atoms with Crippen LogP contribution in [0.1, 0.15) is 24.8 Å². The van der Waals surface area contributed by atoms with E-state index in [1.54, 1.807) is 0 Å². The Morgan fingerprint density at radius 2 is 1.84 bits per heavy atom. The predicted octanol–water partition coefficient (Wildman–Crippen LogP) is 4.38. The number of hydrogen-bond acceptors (Lipinski definition) is 1. The van der Waals surface area contributed by atoms with Gasteiger partial charge in [0.15, 0.2) is 0 Å². The second-order valence-electron chi connectivity index (χ2n) is 7.72. The molecule has 0 unspecified atom stereocenters. The number of fused-ring (bicyclic) bond motifs is 2. The average Bonchev–Trinajstić information content (AvgIpc) is 2.85. The minimum Gasteiger partial charge on any atom is -0.293 e. The summed E-state index contributed by atoms with van der Waals surface area (Å²) in [6, 6.07) is 14.3. The van der Waals surface area contributed by atoms with E-state index in [9.17, 15) is 0 Å². The summed E-state index contributed by atoms with van der Waals surface area (Å²) in [6.07, 6.45) is 4.37. The fourth-order valence-electron chi connectivity index (χ4n) is 4.28. The molecule has 2 aliphatic rings. The summed E-state index contributed by atoms with van der Waals surface area (Å²) in [5, 5.41) is 0. The van der Waals surface area contributed by atoms with Crippen LogP contribution < -0.4 is 0 Å². The molecule has 2 bridgehead atoms. The van der Waals surface area contributed by atoms with Gasteiger partial charge in [0.2, 0.25) is 0 Å². The lowest BCUT2D eigenvalue weighted by Crippen LogP contribution is -2.33. The fourth-order valence-corrected chi connectivity index (χ4v) is 6.29. The first-order valence-electron chi connectivity index (χ1n) is 7.82. The monoisotopic (exact) mass is 273 g/mol. The molecule has 1 nitrogen and oxygen atoms in total. The minimum atomic E-state index is -0.908. The molecule has 2 heterocycles. The van der Waals surface area contributed by atoms with E-state index in [4.69, 9.17) is 0 Å². The molecule has 2 fully saturated rings. The third-order valence-electron chi connectivity index (χ3n) is 4.89. The Bertz CT molecular complexity index is 423. The van der Waals surface area contributed by atoms with E-state index in [0.717, 1.165) is 18.0 Å². The molecule has 2 heteroatoms. The second-order valence-corrected chi connectivity index (χ2v) is 13.2. The van der Waals surface area contributed by atoms with Crippen LogP contribution >= 0.6 is 0 Å². The molecule has 1 aromatic rings. The summed E-state index contributed by atoms with van der Waals surface area (Å²) in [7, 11) is -0.908. The van der Waals surface area contributed by atoms with Gasteiger partial charge in [0.05, 0.1) is 0 Å². The first kappa shape index (κ1) is 13.4. The van der Waals surface area contributed by atoms with E-state index in [2.05, 4.69) is 54.9 Å². The highest BCUT2D eigenvalue weighted by Crippen LogP contribution is 2.45. The van der Waals surface area contributed by atoms with E-state index in [1.165, 1.54) is 37.4 Å². The quantitative estimate of drug-likeness (QED) is 0.736. The van der Waals surface area contributed by atoms with Crippen molar-refractivity contribution < 1.29 is 0 Å². The van der Waals surface area contributed by atoms with Crippen molar-refractivity contribution in [3.8, 4) is 0 Å². The number of hydrogen-bond donors (Lipinski definition) is 0. The maximum atomic E-state index is 2.82. The lowest BCUT2D eigenvalue weighted by Gasteiger charge is -2.28. The van der Waals surface area contributed by atoms with Crippen LogP contribution in [0.2, 0.25) is 25.7 Å². The zero-order valence-electron chi connectivity index (χ0n) is 12.6. The van der Waals surface area contributed by atoms with Gasteiger partial charge in [-0.3, -0.25) is 4.90 Å². The maximum Gasteiger partial charge on any atom is 0.0446 e. The molecule has 2 saturated heterocycles. The highest BCUT2D eigenvalue weighted by atomic mass is 28.3. The van der Waals surface area contributed by atoms with Crippen LogP contribution in [0.15, 0.2) is 30.3 Å². The summed E-state index contributed by atoms with van der Waals surface area (Å²) < 4.78 is 0. The topological polar surface area (TPSA) is 3.24 Å². The molecule has 1 aromatic carbocycles. The smallest absolute Gasteiger partial charge is 0.0446 e. The van der Waals surface area contributed by atoms with Crippen LogP contribution in [-0.2, 0) is 6.54 Å². The average molecular weight is 273 g/mol. The Balaban J connectivity index is 1.68. The predicted molar refractivity (Wildman–Crippen MR) is 85.1 cm³/mol. The van der Waals surface area contributed by atoms with E-state index >= 15 is 0 Å². The first-order chi connectivity index (χ1) is 9.03. The summed E-state index contributed by atoms with van der Waals surface area (Å²) in [4.78, 5) is 2.82. The van der Waals surface area contributed by atoms with Crippen molar-refractivity contribution in [3.05, 3.63) is 35.9 Å². The van der Waals surface area contributed by atoms with Crippen molar-refractivity contribution in [2.24, 2.45) is 5.92 Å². The first-order valence-corrected chi connectivity index (χ1v) is 11.5. The van der Waals surface area contributed by atoms with Crippen molar-refractivity contribution in [2.45, 2.75) is 63.6 Å². The van der Waals surface area contributed by atoms with E-state index < -0.39 is 8.07 Å². The van der Waals surface area contributed by atoms with E-state index in [0.29, 0.717) is 0 Å². The van der Waals surface area contributed by atoms with Gasteiger partial charge in [-0.25, -0.2) is 0 Å². The van der Waals surface area contributed by atoms with Gasteiger partial charge < -0.3 is 0 Å². The summed E-state index contributed by atoms with van der Waals surface area (Å²) in [5.41, 5.74) is 1.49. The third-order valence-corrected chi connectivity index (χ3v) is 6.64. The summed E-state index contributed by atoms with van der Waals surface area (Å²) >= 11 is 0. The largest absolute Gasteiger partial charge is 0.293 e. The standard InChI is InChI=1S/C17H27NSi/c1-19(2,3)13-15-11-16-9-10-17(15)18(16)12-14-7-5-4-6-8-14/h4-8,15-17H,9-13H2,1-3H3/t15-,16+,17-/m0/s1. The van der Waals surface area contributed by atoms with E-state index in [1.807, 2.05) is 0 Å². The van der Waals surface area contributed by atoms with Crippen molar-refractivity contribution in [1.82, 2.24) is 4.90 Å². The molecular formula is C17H27NSi. The van der Waals surface area contributed by atoms with Crippen LogP contribution in [0, 0.1) is 5.92 Å². The molecule has 0 radical (unpaired) electrons. The van der Waals surface area contributed by atoms with Gasteiger partial charge in [-0.15, -0.1) is 0 Å². The molecular weight excluding hydrogens is 246 g/mol. The molecule has 19 heavy (non-hydrogen) atoms. The highest BCUT2D eigenvalue weighted by Gasteiger charge is 2.46. The number of benzene rings is 1. The lowest BCUT2D eigenvalue weighted by molar-refractivity contribution is 0.231. The molecule has 0 saturated carbocycles. The zero-order chi connectivity index (χ0) is 13.5. The van der Waals surface area contributed by atoms with Crippen molar-refractivity contribution in [2.75, 3.05) is 0 Å². The Morgan fingerprint density at radius 3 is 2.53 bits per heavy atom. The van der Waals surface area contributed by atoms with Gasteiger partial charge in [-0.1, -0.05) is 56.0 Å². The minimum absolute atomic E-state index is 0.881. The Hall–Kier alpha value is -0.603. The molecule has 0 aliphatic carbocycles. The molecule has 2 aliphatic heterocycles. The molecule has 3 rings (SSSR count). The molecule has 0 spiro atoms. The molecule has 3 atom stereocenters. The van der Waals surface area contributed by atoms with Gasteiger partial charge in [0.1, 0.15) is 0 Å². The highest BCUT2D eigenvalue weighted by molar-refractivity contribution is 6.76. The Morgan fingerprint density at radius 1 is 1.11 bits per heavy atom. The van der Waals surface area contributed by atoms with Gasteiger partial charge in [0.25, 0.3) is 0 Å². The van der Waals surface area contributed by atoms with Crippen LogP contribution in [0.5, 0.6) is 0 Å². The number of nitrogens with zero attached hydrogens (tertiary/aromatic N) is 1. The van der Waals surface area contributed by atoms with Crippen molar-refractivity contribution >= 4 is 8.07 Å². The van der Waals surface area contributed by atoms with Gasteiger partial charge in [0, 0.05) is 26.7 Å². The van der Waals surface area contributed by atoms with E-state index in [-0.39, 0.29) is 0 Å². The fraction of sp³-hybridized carbons (Fsp3) is 0.647. The third kappa shape index (κ3) is 2.95. The van der Waals surface area contributed by atoms with Crippen LogP contribution in [-0.4, -0.2) is 25.1 Å². The van der Waals surface area contributed by atoms with Crippen molar-refractivity contribution in [1.29, 1.82) is 0 Å². The van der Waals surface area contributed by atoms with Gasteiger partial charge in [-0.05, 0) is 30.7 Å². The lowest BCUT2D eigenvalue weighted by atomic mass is 9.91. The Labute approximate surface area is 119 Å². The van der Waals surface area contributed by atoms with Crippen LogP contribution in [0.3, 0.4) is 0 Å². The van der Waals surface area contributed by atoms with Crippen LogP contribution in [0.4, 0.5) is 0 Å².